The van der Waals surface area contributed by atoms with Crippen LogP contribution < -0.4 is 0 Å². The topological polar surface area (TPSA) is 112 Å². The molecule has 0 saturated heterocycles. The van der Waals surface area contributed by atoms with Gasteiger partial charge in [-0.25, -0.2) is 4.98 Å². The van der Waals surface area contributed by atoms with Gasteiger partial charge in [-0.3, -0.25) is 4.79 Å². The van der Waals surface area contributed by atoms with Gasteiger partial charge in [-0.05, 0) is 29.1 Å². The Balaban J connectivity index is 2.08. The van der Waals surface area contributed by atoms with Gasteiger partial charge in [-0.15, -0.1) is 0 Å². The maximum absolute atomic E-state index is 12.9. The lowest BCUT2D eigenvalue weighted by atomic mass is 9.70. The molecular formula is C14H19N3O5S. The monoisotopic (exact) mass is 341 g/mol. The van der Waals surface area contributed by atoms with Crippen LogP contribution in [0.4, 0.5) is 5.82 Å². The number of nitro groups is 1. The number of carbonyl (C=O) groups excluding carboxylic acids is 1. The molecule has 2 aliphatic carbocycles. The average Bonchev–Trinajstić information content (AvgIpc) is 2.97. The molecule has 0 amide bonds. The molecule has 2 fully saturated rings. The van der Waals surface area contributed by atoms with Crippen molar-refractivity contribution in [2.45, 2.75) is 40.0 Å². The van der Waals surface area contributed by atoms with Crippen molar-refractivity contribution in [3.05, 3.63) is 22.1 Å². The van der Waals surface area contributed by atoms with Gasteiger partial charge in [-0.1, -0.05) is 17.8 Å². The van der Waals surface area contributed by atoms with E-state index in [9.17, 15) is 23.3 Å². The molecule has 1 aromatic heterocycles. The molecule has 0 N–H and O–H groups in total. The number of imidazole rings is 1. The molecule has 0 aromatic carbocycles. The fourth-order valence-corrected chi connectivity index (χ4v) is 6.65. The summed E-state index contributed by atoms with van der Waals surface area (Å²) in [7, 11) is -4.06. The zero-order valence-electron chi connectivity index (χ0n) is 13.3. The lowest BCUT2D eigenvalue weighted by molar-refractivity contribution is -0.390. The Kier molecular flexibility index (Phi) is 3.24. The summed E-state index contributed by atoms with van der Waals surface area (Å²) < 4.78 is 26.4. The van der Waals surface area contributed by atoms with E-state index in [1.807, 2.05) is 13.8 Å². The van der Waals surface area contributed by atoms with E-state index >= 15 is 0 Å². The number of ketones is 1. The van der Waals surface area contributed by atoms with E-state index < -0.39 is 37.3 Å². The molecule has 23 heavy (non-hydrogen) atoms. The Morgan fingerprint density at radius 3 is 2.61 bits per heavy atom. The highest BCUT2D eigenvalue weighted by atomic mass is 32.2. The van der Waals surface area contributed by atoms with Crippen molar-refractivity contribution in [1.29, 1.82) is 0 Å². The van der Waals surface area contributed by atoms with Crippen LogP contribution in [0.2, 0.25) is 0 Å². The highest BCUT2D eigenvalue weighted by Gasteiger charge is 2.66. The van der Waals surface area contributed by atoms with Gasteiger partial charge in [0.15, 0.2) is 0 Å². The second kappa shape index (κ2) is 4.62. The van der Waals surface area contributed by atoms with Crippen LogP contribution in [-0.2, 0) is 14.8 Å². The maximum Gasteiger partial charge on any atom is 0.358 e. The summed E-state index contributed by atoms with van der Waals surface area (Å²) in [5.41, 5.74) is -1.37. The molecule has 8 nitrogen and oxygen atoms in total. The van der Waals surface area contributed by atoms with Crippen LogP contribution in [0.15, 0.2) is 6.20 Å². The van der Waals surface area contributed by atoms with Crippen molar-refractivity contribution < 1.29 is 18.1 Å². The van der Waals surface area contributed by atoms with Crippen molar-refractivity contribution in [3.63, 3.8) is 0 Å². The third kappa shape index (κ3) is 1.98. The third-order valence-corrected chi connectivity index (χ3v) is 7.77. The first-order chi connectivity index (χ1) is 10.5. The molecule has 2 saturated carbocycles. The predicted octanol–water partition coefficient (Wildman–Crippen LogP) is 1.67. The van der Waals surface area contributed by atoms with Crippen LogP contribution in [-0.4, -0.2) is 33.8 Å². The van der Waals surface area contributed by atoms with E-state index in [0.29, 0.717) is 16.8 Å². The van der Waals surface area contributed by atoms with Gasteiger partial charge in [0.05, 0.1) is 5.41 Å². The molecule has 1 aromatic rings. The summed E-state index contributed by atoms with van der Waals surface area (Å²) >= 11 is 0. The first-order valence-corrected chi connectivity index (χ1v) is 9.09. The molecule has 2 bridgehead atoms. The van der Waals surface area contributed by atoms with Gasteiger partial charge >= 0.3 is 15.8 Å². The molecule has 9 heteroatoms. The molecule has 2 aliphatic rings. The van der Waals surface area contributed by atoms with Crippen LogP contribution in [0.25, 0.3) is 0 Å². The van der Waals surface area contributed by atoms with Crippen LogP contribution >= 0.6 is 0 Å². The lowest BCUT2D eigenvalue weighted by Crippen LogP contribution is -2.43. The smallest absolute Gasteiger partial charge is 0.358 e. The van der Waals surface area contributed by atoms with Crippen molar-refractivity contribution in [2.75, 3.05) is 5.75 Å². The van der Waals surface area contributed by atoms with E-state index in [2.05, 4.69) is 4.98 Å². The molecule has 0 unspecified atom stereocenters. The number of Topliss-reactive ketones (excluding diaryl/α,β-unsaturated/α-hetero) is 1. The van der Waals surface area contributed by atoms with Gasteiger partial charge in [-0.2, -0.15) is 8.42 Å². The number of nitrogens with zero attached hydrogens (tertiary/aromatic N) is 3. The Morgan fingerprint density at radius 2 is 2.13 bits per heavy atom. The normalized spacial score (nSPS) is 29.2. The van der Waals surface area contributed by atoms with E-state index in [1.54, 1.807) is 0 Å². The first kappa shape index (κ1) is 16.1. The summed E-state index contributed by atoms with van der Waals surface area (Å²) in [6.45, 7) is 5.27. The summed E-state index contributed by atoms with van der Waals surface area (Å²) in [5.74, 6) is -0.810. The second-order valence-corrected chi connectivity index (χ2v) is 8.93. The molecule has 2 atom stereocenters. The van der Waals surface area contributed by atoms with Gasteiger partial charge in [0.2, 0.25) is 5.82 Å². The molecule has 0 aliphatic heterocycles. The molecule has 3 rings (SSSR count). The fourth-order valence-electron chi connectivity index (χ4n) is 4.37. The third-order valence-electron chi connectivity index (χ3n) is 5.90. The summed E-state index contributed by atoms with van der Waals surface area (Å²) in [6, 6.07) is 0. The van der Waals surface area contributed by atoms with E-state index in [0.717, 1.165) is 12.6 Å². The zero-order valence-corrected chi connectivity index (χ0v) is 14.1. The van der Waals surface area contributed by atoms with E-state index in [-0.39, 0.29) is 17.5 Å². The molecule has 1 heterocycles. The molecule has 0 radical (unpaired) electrons. The van der Waals surface area contributed by atoms with Gasteiger partial charge in [0.1, 0.15) is 17.7 Å². The summed E-state index contributed by atoms with van der Waals surface area (Å²) in [4.78, 5) is 26.6. The number of rotatable bonds is 4. The Hall–Kier alpha value is -1.77. The summed E-state index contributed by atoms with van der Waals surface area (Å²) in [6.07, 6.45) is 2.67. The Bertz CT molecular complexity index is 810. The number of aromatic nitrogens is 2. The number of hydrogen-bond donors (Lipinski definition) is 0. The second-order valence-electron chi connectivity index (χ2n) is 7.11. The number of fused-ring (bicyclic) bond motifs is 2. The van der Waals surface area contributed by atoms with Crippen LogP contribution in [0, 0.1) is 33.8 Å². The quantitative estimate of drug-likeness (QED) is 0.608. The minimum atomic E-state index is -4.06. The molecule has 0 spiro atoms. The zero-order chi connectivity index (χ0) is 17.2. The standard InChI is InChI=1S/C14H19N3O5S/c1-9-15-7-12(17(19)20)16(9)23(21,22)8-14-5-4-10(6-11(14)18)13(14,2)3/h7,10H,4-6,8H2,1-3H3/t10-,14+/m0/s1. The van der Waals surface area contributed by atoms with Gasteiger partial charge < -0.3 is 10.1 Å². The molecule has 126 valence electrons. The minimum Gasteiger partial charge on any atom is -0.358 e. The largest absolute Gasteiger partial charge is 0.358 e. The Morgan fingerprint density at radius 1 is 1.48 bits per heavy atom. The van der Waals surface area contributed by atoms with Crippen LogP contribution in [0.1, 0.15) is 38.9 Å². The fraction of sp³-hybridized carbons (Fsp3) is 0.714. The van der Waals surface area contributed by atoms with Crippen LogP contribution in [0.3, 0.4) is 0 Å². The number of aryl methyl sites for hydroxylation is 1. The maximum atomic E-state index is 12.9. The lowest BCUT2D eigenvalue weighted by Gasteiger charge is -2.35. The number of hydrogen-bond acceptors (Lipinski definition) is 6. The summed E-state index contributed by atoms with van der Waals surface area (Å²) in [5, 5.41) is 11.1. The van der Waals surface area contributed by atoms with E-state index in [1.165, 1.54) is 6.92 Å². The minimum absolute atomic E-state index is 0.0332. The molecular weight excluding hydrogens is 322 g/mol. The first-order valence-electron chi connectivity index (χ1n) is 7.48. The highest BCUT2D eigenvalue weighted by Crippen LogP contribution is 2.64. The van der Waals surface area contributed by atoms with Crippen molar-refractivity contribution in [2.24, 2.45) is 16.7 Å². The average molecular weight is 341 g/mol. The van der Waals surface area contributed by atoms with Gasteiger partial charge in [0, 0.05) is 13.3 Å². The van der Waals surface area contributed by atoms with Crippen molar-refractivity contribution in [1.82, 2.24) is 8.96 Å². The van der Waals surface area contributed by atoms with Gasteiger partial charge in [0.25, 0.3) is 0 Å². The van der Waals surface area contributed by atoms with E-state index in [4.69, 9.17) is 0 Å². The van der Waals surface area contributed by atoms with Crippen molar-refractivity contribution in [3.8, 4) is 0 Å². The van der Waals surface area contributed by atoms with Crippen LogP contribution in [0.5, 0.6) is 0 Å². The predicted molar refractivity (Wildman–Crippen MR) is 81.4 cm³/mol. The van der Waals surface area contributed by atoms with Crippen molar-refractivity contribution >= 4 is 21.6 Å². The SMILES string of the molecule is Cc1ncc([N+](=O)[O-])n1S(=O)(=O)C[C@]12CC[C@@H](CC1=O)C2(C)C. The highest BCUT2D eigenvalue weighted by molar-refractivity contribution is 7.90. The number of carbonyl (C=O) groups is 1. The Labute approximate surface area is 134 Å².